The summed E-state index contributed by atoms with van der Waals surface area (Å²) in [5.74, 6) is 2.38. The standard InChI is InChI=1S/C15H20N2O/c1-3-8-13(4-2)17-15(18)14(16)11-12-9-6-5-7-10-12/h2,5-7,9-10,13-14H,3,8,11,16H2,1H3,(H,17,18)/t13?,14-/m0/s1. The molecule has 0 saturated heterocycles. The minimum Gasteiger partial charge on any atom is -0.341 e. The van der Waals surface area contributed by atoms with Crippen LogP contribution in [0.5, 0.6) is 0 Å². The Morgan fingerprint density at radius 3 is 2.67 bits per heavy atom. The zero-order chi connectivity index (χ0) is 13.4. The fourth-order valence-corrected chi connectivity index (χ4v) is 1.73. The van der Waals surface area contributed by atoms with Crippen LogP contribution < -0.4 is 11.1 Å². The minimum atomic E-state index is -0.555. The topological polar surface area (TPSA) is 55.1 Å². The van der Waals surface area contributed by atoms with Crippen molar-refractivity contribution in [2.24, 2.45) is 5.73 Å². The Morgan fingerprint density at radius 1 is 1.44 bits per heavy atom. The van der Waals surface area contributed by atoms with Gasteiger partial charge in [-0.25, -0.2) is 0 Å². The highest BCUT2D eigenvalue weighted by Gasteiger charge is 2.16. The van der Waals surface area contributed by atoms with Gasteiger partial charge in [0.15, 0.2) is 0 Å². The van der Waals surface area contributed by atoms with Crippen molar-refractivity contribution >= 4 is 5.91 Å². The van der Waals surface area contributed by atoms with E-state index in [0.717, 1.165) is 18.4 Å². The summed E-state index contributed by atoms with van der Waals surface area (Å²) in [4.78, 5) is 11.9. The summed E-state index contributed by atoms with van der Waals surface area (Å²) in [6.07, 6.45) is 7.59. The van der Waals surface area contributed by atoms with Gasteiger partial charge in [-0.2, -0.15) is 0 Å². The summed E-state index contributed by atoms with van der Waals surface area (Å²) in [6, 6.07) is 8.94. The van der Waals surface area contributed by atoms with E-state index < -0.39 is 6.04 Å². The summed E-state index contributed by atoms with van der Waals surface area (Å²) < 4.78 is 0. The highest BCUT2D eigenvalue weighted by Crippen LogP contribution is 2.03. The van der Waals surface area contributed by atoms with Crippen molar-refractivity contribution in [2.45, 2.75) is 38.3 Å². The zero-order valence-electron chi connectivity index (χ0n) is 10.7. The van der Waals surface area contributed by atoms with Crippen LogP contribution in [-0.4, -0.2) is 18.0 Å². The number of rotatable bonds is 6. The van der Waals surface area contributed by atoms with Crippen LogP contribution in [0.4, 0.5) is 0 Å². The Kier molecular flexibility index (Phi) is 5.96. The Morgan fingerprint density at radius 2 is 2.11 bits per heavy atom. The van der Waals surface area contributed by atoms with Crippen molar-refractivity contribution in [3.63, 3.8) is 0 Å². The van der Waals surface area contributed by atoms with Gasteiger partial charge in [0.1, 0.15) is 0 Å². The van der Waals surface area contributed by atoms with E-state index in [1.54, 1.807) is 0 Å². The van der Waals surface area contributed by atoms with Gasteiger partial charge in [0.05, 0.1) is 12.1 Å². The lowest BCUT2D eigenvalue weighted by Crippen LogP contribution is -2.46. The summed E-state index contributed by atoms with van der Waals surface area (Å²) in [6.45, 7) is 2.03. The normalized spacial score (nSPS) is 13.4. The van der Waals surface area contributed by atoms with E-state index in [1.807, 2.05) is 37.3 Å². The van der Waals surface area contributed by atoms with Gasteiger partial charge in [-0.05, 0) is 18.4 Å². The number of hydrogen-bond donors (Lipinski definition) is 2. The summed E-state index contributed by atoms with van der Waals surface area (Å²) >= 11 is 0. The van der Waals surface area contributed by atoms with E-state index in [0.29, 0.717) is 6.42 Å². The lowest BCUT2D eigenvalue weighted by molar-refractivity contribution is -0.122. The molecule has 0 heterocycles. The molecule has 1 unspecified atom stereocenters. The van der Waals surface area contributed by atoms with E-state index in [1.165, 1.54) is 0 Å². The number of nitrogens with one attached hydrogen (secondary N) is 1. The van der Waals surface area contributed by atoms with E-state index in [4.69, 9.17) is 12.2 Å². The molecule has 1 amide bonds. The Labute approximate surface area is 109 Å². The number of carbonyl (C=O) groups excluding carboxylic acids is 1. The van der Waals surface area contributed by atoms with E-state index in [-0.39, 0.29) is 11.9 Å². The first-order valence-electron chi connectivity index (χ1n) is 6.23. The summed E-state index contributed by atoms with van der Waals surface area (Å²) in [5, 5.41) is 2.79. The molecule has 1 rings (SSSR count). The van der Waals surface area contributed by atoms with Gasteiger partial charge in [0, 0.05) is 0 Å². The smallest absolute Gasteiger partial charge is 0.238 e. The number of terminal acetylenes is 1. The molecule has 18 heavy (non-hydrogen) atoms. The van der Waals surface area contributed by atoms with Crippen molar-refractivity contribution in [3.8, 4) is 12.3 Å². The second-order valence-corrected chi connectivity index (χ2v) is 4.31. The van der Waals surface area contributed by atoms with Crippen LogP contribution >= 0.6 is 0 Å². The van der Waals surface area contributed by atoms with E-state index in [2.05, 4.69) is 11.2 Å². The van der Waals surface area contributed by atoms with Crippen molar-refractivity contribution in [3.05, 3.63) is 35.9 Å². The van der Waals surface area contributed by atoms with Crippen molar-refractivity contribution in [1.82, 2.24) is 5.32 Å². The lowest BCUT2D eigenvalue weighted by Gasteiger charge is -2.16. The maximum absolute atomic E-state index is 11.9. The van der Waals surface area contributed by atoms with Crippen LogP contribution in [0.2, 0.25) is 0 Å². The molecular weight excluding hydrogens is 224 g/mol. The Hall–Kier alpha value is -1.79. The number of carbonyl (C=O) groups is 1. The second kappa shape index (κ2) is 7.52. The van der Waals surface area contributed by atoms with E-state index in [9.17, 15) is 4.79 Å². The first-order chi connectivity index (χ1) is 8.67. The molecule has 0 aliphatic rings. The van der Waals surface area contributed by atoms with Gasteiger partial charge < -0.3 is 11.1 Å². The van der Waals surface area contributed by atoms with Crippen molar-refractivity contribution in [2.75, 3.05) is 0 Å². The third kappa shape index (κ3) is 4.60. The van der Waals surface area contributed by atoms with Crippen LogP contribution in [-0.2, 0) is 11.2 Å². The number of nitrogens with two attached hydrogens (primary N) is 1. The van der Waals surface area contributed by atoms with Crippen LogP contribution in [0.3, 0.4) is 0 Å². The molecule has 0 bridgehead atoms. The summed E-state index contributed by atoms with van der Waals surface area (Å²) in [7, 11) is 0. The number of amides is 1. The first-order valence-corrected chi connectivity index (χ1v) is 6.23. The third-order valence-corrected chi connectivity index (χ3v) is 2.73. The molecule has 0 saturated carbocycles. The average molecular weight is 244 g/mol. The molecule has 0 radical (unpaired) electrons. The van der Waals surface area contributed by atoms with Crippen LogP contribution in [0.1, 0.15) is 25.3 Å². The molecule has 96 valence electrons. The van der Waals surface area contributed by atoms with Crippen molar-refractivity contribution < 1.29 is 4.79 Å². The highest BCUT2D eigenvalue weighted by atomic mass is 16.2. The molecule has 3 heteroatoms. The molecule has 3 N–H and O–H groups in total. The number of hydrogen-bond acceptors (Lipinski definition) is 2. The Bertz CT molecular complexity index is 408. The third-order valence-electron chi connectivity index (χ3n) is 2.73. The SMILES string of the molecule is C#CC(CCC)NC(=O)[C@@H](N)Cc1ccccc1. The molecule has 3 nitrogen and oxygen atoms in total. The highest BCUT2D eigenvalue weighted by molar-refractivity contribution is 5.82. The van der Waals surface area contributed by atoms with Gasteiger partial charge in [-0.15, -0.1) is 6.42 Å². The van der Waals surface area contributed by atoms with E-state index >= 15 is 0 Å². The molecule has 1 aromatic carbocycles. The quantitative estimate of drug-likeness (QED) is 0.745. The van der Waals surface area contributed by atoms with Crippen LogP contribution in [0.25, 0.3) is 0 Å². The molecule has 0 aromatic heterocycles. The number of benzene rings is 1. The van der Waals surface area contributed by atoms with Gasteiger partial charge >= 0.3 is 0 Å². The minimum absolute atomic E-state index is 0.185. The summed E-state index contributed by atoms with van der Waals surface area (Å²) in [5.41, 5.74) is 6.92. The lowest BCUT2D eigenvalue weighted by atomic mass is 10.1. The first kappa shape index (κ1) is 14.3. The maximum Gasteiger partial charge on any atom is 0.238 e. The molecule has 1 aromatic rings. The van der Waals surface area contributed by atoms with Gasteiger partial charge in [0.25, 0.3) is 0 Å². The second-order valence-electron chi connectivity index (χ2n) is 4.31. The van der Waals surface area contributed by atoms with Gasteiger partial charge in [-0.1, -0.05) is 49.6 Å². The molecular formula is C15H20N2O. The molecule has 0 aliphatic heterocycles. The average Bonchev–Trinajstić information content (AvgIpc) is 2.39. The Balaban J connectivity index is 2.49. The largest absolute Gasteiger partial charge is 0.341 e. The van der Waals surface area contributed by atoms with Gasteiger partial charge in [-0.3, -0.25) is 4.79 Å². The van der Waals surface area contributed by atoms with Crippen LogP contribution in [0.15, 0.2) is 30.3 Å². The molecule has 2 atom stereocenters. The molecule has 0 aliphatic carbocycles. The maximum atomic E-state index is 11.9. The van der Waals surface area contributed by atoms with Crippen LogP contribution in [0, 0.1) is 12.3 Å². The van der Waals surface area contributed by atoms with Gasteiger partial charge in [0.2, 0.25) is 5.91 Å². The fourth-order valence-electron chi connectivity index (χ4n) is 1.73. The monoisotopic (exact) mass is 244 g/mol. The molecule has 0 spiro atoms. The predicted octanol–water partition coefficient (Wildman–Crippen LogP) is 1.47. The fraction of sp³-hybridized carbons (Fsp3) is 0.400. The predicted molar refractivity (Wildman–Crippen MR) is 73.8 cm³/mol. The zero-order valence-corrected chi connectivity index (χ0v) is 10.7. The molecule has 0 fully saturated rings. The van der Waals surface area contributed by atoms with Crippen molar-refractivity contribution in [1.29, 1.82) is 0 Å².